The minimum atomic E-state index is -0.152. The van der Waals surface area contributed by atoms with Crippen molar-refractivity contribution in [2.45, 2.75) is 6.54 Å². The van der Waals surface area contributed by atoms with Gasteiger partial charge in [0.05, 0.1) is 0 Å². The van der Waals surface area contributed by atoms with Crippen LogP contribution in [0.4, 0.5) is 0 Å². The van der Waals surface area contributed by atoms with E-state index in [1.165, 1.54) is 17.4 Å². The second-order valence-electron chi connectivity index (χ2n) is 1.90. The van der Waals surface area contributed by atoms with Gasteiger partial charge in [-0.15, -0.1) is 11.3 Å². The summed E-state index contributed by atoms with van der Waals surface area (Å²) in [5.74, 6) is -0.152. The van der Waals surface area contributed by atoms with Gasteiger partial charge in [-0.1, -0.05) is 6.58 Å². The van der Waals surface area contributed by atoms with Gasteiger partial charge in [0, 0.05) is 11.9 Å². The van der Waals surface area contributed by atoms with E-state index in [2.05, 4.69) is 11.6 Å². The minimum absolute atomic E-state index is 0.152. The fourth-order valence-corrected chi connectivity index (χ4v) is 1.29. The second kappa shape index (κ2) is 3.41. The van der Waals surface area contributed by atoms with E-state index in [1.807, 2.05) is 0 Å². The summed E-state index contributed by atoms with van der Waals surface area (Å²) in [5, 5.41) is 2.46. The smallest absolute Gasteiger partial charge is 0.204 e. The average molecular weight is 168 g/mol. The molecule has 3 nitrogen and oxygen atoms in total. The van der Waals surface area contributed by atoms with E-state index in [0.29, 0.717) is 12.2 Å². The average Bonchev–Trinajstić information content (AvgIpc) is 2.50. The molecule has 0 atom stereocenters. The summed E-state index contributed by atoms with van der Waals surface area (Å²) in [7, 11) is 0. The van der Waals surface area contributed by atoms with E-state index >= 15 is 0 Å². The summed E-state index contributed by atoms with van der Waals surface area (Å²) in [5.41, 5.74) is 5.75. The summed E-state index contributed by atoms with van der Waals surface area (Å²) in [6.07, 6.45) is 1.25. The zero-order chi connectivity index (χ0) is 8.27. The van der Waals surface area contributed by atoms with E-state index in [1.54, 1.807) is 5.38 Å². The third-order valence-corrected chi connectivity index (χ3v) is 2.04. The SMILES string of the molecule is C=CC(=O)c1csc(CN)n1. The number of ketones is 1. The van der Waals surface area contributed by atoms with Gasteiger partial charge in [0.25, 0.3) is 0 Å². The molecule has 4 heteroatoms. The Morgan fingerprint density at radius 1 is 1.91 bits per heavy atom. The normalized spacial score (nSPS) is 9.55. The molecule has 1 aromatic heterocycles. The first-order valence-corrected chi connectivity index (χ1v) is 3.97. The number of carbonyl (C=O) groups excluding carboxylic acids is 1. The van der Waals surface area contributed by atoms with Crippen LogP contribution in [-0.4, -0.2) is 10.8 Å². The van der Waals surface area contributed by atoms with Gasteiger partial charge in [-0.25, -0.2) is 4.98 Å². The number of thiazole rings is 1. The lowest BCUT2D eigenvalue weighted by atomic mass is 10.3. The maximum absolute atomic E-state index is 10.9. The molecule has 0 saturated carbocycles. The topological polar surface area (TPSA) is 56.0 Å². The first kappa shape index (κ1) is 8.10. The number of hydrogen-bond acceptors (Lipinski definition) is 4. The molecule has 0 radical (unpaired) electrons. The number of carbonyl (C=O) groups is 1. The van der Waals surface area contributed by atoms with Crippen LogP contribution in [0.3, 0.4) is 0 Å². The first-order chi connectivity index (χ1) is 5.27. The van der Waals surface area contributed by atoms with Gasteiger partial charge >= 0.3 is 0 Å². The standard InChI is InChI=1S/C7H8N2OS/c1-2-6(10)5-4-11-7(3-8)9-5/h2,4H,1,3,8H2. The van der Waals surface area contributed by atoms with Crippen molar-refractivity contribution in [3.8, 4) is 0 Å². The van der Waals surface area contributed by atoms with Crippen LogP contribution in [0.25, 0.3) is 0 Å². The number of allylic oxidation sites excluding steroid dienone is 1. The lowest BCUT2D eigenvalue weighted by Crippen LogP contribution is -1.98. The van der Waals surface area contributed by atoms with Crippen molar-refractivity contribution >= 4 is 17.1 Å². The molecular weight excluding hydrogens is 160 g/mol. The van der Waals surface area contributed by atoms with Crippen molar-refractivity contribution in [3.05, 3.63) is 28.7 Å². The third kappa shape index (κ3) is 1.72. The Morgan fingerprint density at radius 3 is 3.09 bits per heavy atom. The highest BCUT2D eigenvalue weighted by Gasteiger charge is 2.05. The summed E-state index contributed by atoms with van der Waals surface area (Å²) in [6.45, 7) is 3.74. The van der Waals surface area contributed by atoms with E-state index < -0.39 is 0 Å². The van der Waals surface area contributed by atoms with Gasteiger partial charge in [-0.2, -0.15) is 0 Å². The van der Waals surface area contributed by atoms with Gasteiger partial charge in [-0.05, 0) is 6.08 Å². The summed E-state index contributed by atoms with van der Waals surface area (Å²) in [6, 6.07) is 0. The highest BCUT2D eigenvalue weighted by atomic mass is 32.1. The molecule has 0 fully saturated rings. The van der Waals surface area contributed by atoms with E-state index in [0.717, 1.165) is 5.01 Å². The highest BCUT2D eigenvalue weighted by molar-refractivity contribution is 7.09. The lowest BCUT2D eigenvalue weighted by Gasteiger charge is -1.84. The predicted octanol–water partition coefficient (Wildman–Crippen LogP) is 0.970. The van der Waals surface area contributed by atoms with Gasteiger partial charge in [0.1, 0.15) is 10.7 Å². The number of nitrogens with two attached hydrogens (primary N) is 1. The van der Waals surface area contributed by atoms with Crippen LogP contribution in [0, 0.1) is 0 Å². The lowest BCUT2D eigenvalue weighted by molar-refractivity contribution is 0.104. The van der Waals surface area contributed by atoms with Crippen LogP contribution in [0.15, 0.2) is 18.0 Å². The van der Waals surface area contributed by atoms with Crippen LogP contribution < -0.4 is 5.73 Å². The fourth-order valence-electron chi connectivity index (χ4n) is 0.622. The first-order valence-electron chi connectivity index (χ1n) is 3.09. The molecule has 0 unspecified atom stereocenters. The Balaban J connectivity index is 2.88. The van der Waals surface area contributed by atoms with Crippen LogP contribution in [0.2, 0.25) is 0 Å². The van der Waals surface area contributed by atoms with Crippen LogP contribution in [0.5, 0.6) is 0 Å². The van der Waals surface area contributed by atoms with Crippen molar-refractivity contribution in [1.29, 1.82) is 0 Å². The molecule has 0 spiro atoms. The Morgan fingerprint density at radius 2 is 2.64 bits per heavy atom. The molecule has 0 amide bonds. The quantitative estimate of drug-likeness (QED) is 0.540. The molecule has 1 rings (SSSR count). The Kier molecular flexibility index (Phi) is 2.51. The van der Waals surface area contributed by atoms with Crippen molar-refractivity contribution in [1.82, 2.24) is 4.98 Å². The summed E-state index contributed by atoms with van der Waals surface area (Å²) < 4.78 is 0. The predicted molar refractivity (Wildman–Crippen MR) is 44.5 cm³/mol. The monoisotopic (exact) mass is 168 g/mol. The van der Waals surface area contributed by atoms with Gasteiger partial charge in [-0.3, -0.25) is 4.79 Å². The van der Waals surface area contributed by atoms with E-state index in [4.69, 9.17) is 5.73 Å². The van der Waals surface area contributed by atoms with Crippen molar-refractivity contribution in [2.24, 2.45) is 5.73 Å². The number of rotatable bonds is 3. The molecule has 11 heavy (non-hydrogen) atoms. The third-order valence-electron chi connectivity index (χ3n) is 1.16. The largest absolute Gasteiger partial charge is 0.325 e. The molecule has 2 N–H and O–H groups in total. The van der Waals surface area contributed by atoms with Crippen LogP contribution in [-0.2, 0) is 6.54 Å². The van der Waals surface area contributed by atoms with Crippen LogP contribution in [0.1, 0.15) is 15.5 Å². The highest BCUT2D eigenvalue weighted by Crippen LogP contribution is 2.09. The summed E-state index contributed by atoms with van der Waals surface area (Å²) >= 11 is 1.39. The van der Waals surface area contributed by atoms with Crippen molar-refractivity contribution < 1.29 is 4.79 Å². The molecule has 0 aromatic carbocycles. The minimum Gasteiger partial charge on any atom is -0.325 e. The fraction of sp³-hybridized carbons (Fsp3) is 0.143. The maximum Gasteiger partial charge on any atom is 0.204 e. The molecule has 1 aromatic rings. The molecule has 0 aliphatic heterocycles. The van der Waals surface area contributed by atoms with E-state index in [-0.39, 0.29) is 5.78 Å². The number of nitrogens with zero attached hydrogens (tertiary/aromatic N) is 1. The van der Waals surface area contributed by atoms with Gasteiger partial charge in [0.2, 0.25) is 5.78 Å². The molecule has 58 valence electrons. The summed E-state index contributed by atoms with van der Waals surface area (Å²) in [4.78, 5) is 14.9. The second-order valence-corrected chi connectivity index (χ2v) is 2.84. The van der Waals surface area contributed by atoms with Gasteiger partial charge in [0.15, 0.2) is 0 Å². The number of aromatic nitrogens is 1. The zero-order valence-electron chi connectivity index (χ0n) is 5.91. The van der Waals surface area contributed by atoms with Gasteiger partial charge < -0.3 is 5.73 Å². The molecular formula is C7H8N2OS. The molecule has 0 saturated heterocycles. The van der Waals surface area contributed by atoms with Crippen molar-refractivity contribution in [3.63, 3.8) is 0 Å². The molecule has 0 aliphatic rings. The maximum atomic E-state index is 10.9. The van der Waals surface area contributed by atoms with Crippen LogP contribution >= 0.6 is 11.3 Å². The molecule has 0 aliphatic carbocycles. The zero-order valence-corrected chi connectivity index (χ0v) is 6.73. The Labute approximate surface area is 68.6 Å². The molecule has 1 heterocycles. The Bertz CT molecular complexity index is 280. The van der Waals surface area contributed by atoms with E-state index in [9.17, 15) is 4.79 Å². The molecule has 0 bridgehead atoms. The van der Waals surface area contributed by atoms with Crippen molar-refractivity contribution in [2.75, 3.05) is 0 Å². The Hall–Kier alpha value is -1.00. The number of hydrogen-bond donors (Lipinski definition) is 1.